The minimum absolute atomic E-state index is 0.422. The Bertz CT molecular complexity index is 350. The Morgan fingerprint density at radius 1 is 1.41 bits per heavy atom. The third-order valence-corrected chi connectivity index (χ3v) is 2.67. The van der Waals surface area contributed by atoms with Crippen LogP contribution in [0.15, 0.2) is 48.1 Å². The lowest BCUT2D eigenvalue weighted by molar-refractivity contribution is 0.708. The van der Waals surface area contributed by atoms with Crippen molar-refractivity contribution in [2.45, 2.75) is 40.0 Å². The van der Waals surface area contributed by atoms with E-state index < -0.39 is 0 Å². The quantitative estimate of drug-likeness (QED) is 0.447. The van der Waals surface area contributed by atoms with Crippen molar-refractivity contribution in [3.63, 3.8) is 0 Å². The number of hydrogen-bond donors (Lipinski definition) is 0. The van der Waals surface area contributed by atoms with Crippen molar-refractivity contribution in [2.75, 3.05) is 0 Å². The van der Waals surface area contributed by atoms with Crippen molar-refractivity contribution < 1.29 is 0 Å². The van der Waals surface area contributed by atoms with Crippen molar-refractivity contribution in [2.24, 2.45) is 5.92 Å². The maximum absolute atomic E-state index is 8.86. The summed E-state index contributed by atoms with van der Waals surface area (Å²) in [5.41, 5.74) is 2.14. The maximum atomic E-state index is 8.86. The van der Waals surface area contributed by atoms with Crippen LogP contribution < -0.4 is 0 Å². The van der Waals surface area contributed by atoms with Crippen LogP contribution in [0.5, 0.6) is 0 Å². The lowest BCUT2D eigenvalue weighted by Crippen LogP contribution is -1.96. The molecule has 1 heteroatoms. The molecule has 1 unspecified atom stereocenters. The maximum Gasteiger partial charge on any atom is 0.0943 e. The predicted molar refractivity (Wildman–Crippen MR) is 75.5 cm³/mol. The monoisotopic (exact) mass is 229 g/mol. The van der Waals surface area contributed by atoms with Crippen LogP contribution in [-0.2, 0) is 0 Å². The summed E-state index contributed by atoms with van der Waals surface area (Å²) in [5, 5.41) is 8.86. The fraction of sp³-hybridized carbons (Fsp3) is 0.438. The van der Waals surface area contributed by atoms with E-state index in [1.54, 1.807) is 0 Å². The van der Waals surface area contributed by atoms with E-state index in [4.69, 9.17) is 5.26 Å². The number of nitrogens with zero attached hydrogens (tertiary/aromatic N) is 1. The normalized spacial score (nSPS) is 14.7. The molecule has 1 nitrogen and oxygen atoms in total. The first kappa shape index (κ1) is 15.4. The zero-order valence-electron chi connectivity index (χ0n) is 11.2. The van der Waals surface area contributed by atoms with Gasteiger partial charge in [0.1, 0.15) is 0 Å². The molecule has 0 aromatic rings. The summed E-state index contributed by atoms with van der Waals surface area (Å²) in [6.07, 6.45) is 13.0. The van der Waals surface area contributed by atoms with E-state index in [-0.39, 0.29) is 0 Å². The highest BCUT2D eigenvalue weighted by Gasteiger charge is 2.04. The third kappa shape index (κ3) is 6.58. The van der Waals surface area contributed by atoms with Crippen molar-refractivity contribution in [1.29, 1.82) is 5.26 Å². The Morgan fingerprint density at radius 3 is 2.59 bits per heavy atom. The molecule has 0 amide bonds. The molecule has 0 aliphatic rings. The molecule has 17 heavy (non-hydrogen) atoms. The van der Waals surface area contributed by atoms with Crippen molar-refractivity contribution in [3.8, 4) is 6.07 Å². The van der Waals surface area contributed by atoms with Crippen LogP contribution in [0.1, 0.15) is 40.0 Å². The zero-order valence-corrected chi connectivity index (χ0v) is 11.2. The number of nitriles is 1. The van der Waals surface area contributed by atoms with Crippen molar-refractivity contribution in [1.82, 2.24) is 0 Å². The molecule has 1 atom stereocenters. The summed E-state index contributed by atoms with van der Waals surface area (Å²) in [6.45, 7) is 10.1. The van der Waals surface area contributed by atoms with E-state index >= 15 is 0 Å². The molecule has 0 bridgehead atoms. The topological polar surface area (TPSA) is 23.8 Å². The van der Waals surface area contributed by atoms with Gasteiger partial charge in [-0.15, -0.1) is 0 Å². The smallest absolute Gasteiger partial charge is 0.0943 e. The second-order valence-corrected chi connectivity index (χ2v) is 4.04. The van der Waals surface area contributed by atoms with Gasteiger partial charge in [-0.25, -0.2) is 0 Å². The second-order valence-electron chi connectivity index (χ2n) is 4.04. The van der Waals surface area contributed by atoms with E-state index in [0.29, 0.717) is 5.92 Å². The number of allylic oxidation sites excluding steroid dienone is 7. The SMILES string of the molecule is C=C/C=C(\C=C/CC)C(C)C/C=C(/C#N)CC. The van der Waals surface area contributed by atoms with Gasteiger partial charge in [-0.05, 0) is 30.8 Å². The molecule has 0 aliphatic carbocycles. The average Bonchev–Trinajstić information content (AvgIpc) is 2.35. The molecular weight excluding hydrogens is 206 g/mol. The van der Waals surface area contributed by atoms with Crippen LogP contribution in [0, 0.1) is 17.2 Å². The van der Waals surface area contributed by atoms with Gasteiger partial charge < -0.3 is 0 Å². The van der Waals surface area contributed by atoms with Gasteiger partial charge in [0.25, 0.3) is 0 Å². The molecule has 0 spiro atoms. The average molecular weight is 229 g/mol. The van der Waals surface area contributed by atoms with Gasteiger partial charge >= 0.3 is 0 Å². The molecule has 0 rings (SSSR count). The Labute approximate surface area is 106 Å². The minimum Gasteiger partial charge on any atom is -0.193 e. The standard InChI is InChI=1S/C16H23N/c1-5-8-10-16(9-6-2)14(4)11-12-15(7-3)13-17/h6,8-10,12,14H,2,5,7,11H2,1,3-4H3/b10-8-,15-12+,16-9+. The van der Waals surface area contributed by atoms with Crippen molar-refractivity contribution >= 4 is 0 Å². The summed E-state index contributed by atoms with van der Waals surface area (Å²) in [7, 11) is 0. The van der Waals surface area contributed by atoms with Crippen LogP contribution in [0.4, 0.5) is 0 Å². The van der Waals surface area contributed by atoms with E-state index in [2.05, 4.69) is 38.6 Å². The molecule has 0 aliphatic heterocycles. The highest BCUT2D eigenvalue weighted by Crippen LogP contribution is 2.18. The van der Waals surface area contributed by atoms with Gasteiger partial charge in [-0.1, -0.05) is 57.7 Å². The van der Waals surface area contributed by atoms with Gasteiger partial charge in [-0.2, -0.15) is 5.26 Å². The van der Waals surface area contributed by atoms with Gasteiger partial charge in [0.15, 0.2) is 0 Å². The highest BCUT2D eigenvalue weighted by molar-refractivity contribution is 5.27. The van der Waals surface area contributed by atoms with Crippen LogP contribution >= 0.6 is 0 Å². The predicted octanol–water partition coefficient (Wildman–Crippen LogP) is 4.95. The molecule has 0 saturated carbocycles. The van der Waals surface area contributed by atoms with Gasteiger partial charge in [0, 0.05) is 5.57 Å². The number of rotatable bonds is 7. The summed E-state index contributed by atoms with van der Waals surface area (Å²) in [5.74, 6) is 0.422. The molecule has 0 radical (unpaired) electrons. The highest BCUT2D eigenvalue weighted by atomic mass is 14.2. The molecule has 0 saturated heterocycles. The molecule has 0 aromatic carbocycles. The van der Waals surface area contributed by atoms with Crippen LogP contribution in [0.2, 0.25) is 0 Å². The Hall–Kier alpha value is -1.55. The Balaban J connectivity index is 4.65. The van der Waals surface area contributed by atoms with E-state index in [9.17, 15) is 0 Å². The molecule has 0 heterocycles. The largest absolute Gasteiger partial charge is 0.193 e. The van der Waals surface area contributed by atoms with Gasteiger partial charge in [0.05, 0.1) is 6.07 Å². The first-order chi connectivity index (χ1) is 8.19. The van der Waals surface area contributed by atoms with Gasteiger partial charge in [0.2, 0.25) is 0 Å². The fourth-order valence-electron chi connectivity index (χ4n) is 1.50. The summed E-state index contributed by atoms with van der Waals surface area (Å²) >= 11 is 0. The Morgan fingerprint density at radius 2 is 2.12 bits per heavy atom. The first-order valence-corrected chi connectivity index (χ1v) is 6.27. The van der Waals surface area contributed by atoms with Gasteiger partial charge in [-0.3, -0.25) is 0 Å². The molecule has 0 fully saturated rings. The second kappa shape index (κ2) is 9.66. The molecule has 92 valence electrons. The zero-order chi connectivity index (χ0) is 13.1. The van der Waals surface area contributed by atoms with Crippen LogP contribution in [0.3, 0.4) is 0 Å². The molecular formula is C16H23N. The minimum atomic E-state index is 0.422. The summed E-state index contributed by atoms with van der Waals surface area (Å²) < 4.78 is 0. The van der Waals surface area contributed by atoms with Crippen molar-refractivity contribution in [3.05, 3.63) is 48.1 Å². The van der Waals surface area contributed by atoms with Crippen LogP contribution in [0.25, 0.3) is 0 Å². The van der Waals surface area contributed by atoms with Crippen LogP contribution in [-0.4, -0.2) is 0 Å². The van der Waals surface area contributed by atoms with E-state index in [1.165, 1.54) is 5.57 Å². The summed E-state index contributed by atoms with van der Waals surface area (Å²) in [4.78, 5) is 0. The summed E-state index contributed by atoms with van der Waals surface area (Å²) in [6, 6.07) is 2.22. The van der Waals surface area contributed by atoms with E-state index in [1.807, 2.05) is 25.2 Å². The lowest BCUT2D eigenvalue weighted by Gasteiger charge is -2.10. The molecule has 0 N–H and O–H groups in total. The molecule has 0 aromatic heterocycles. The Kier molecular flexibility index (Phi) is 8.78. The fourth-order valence-corrected chi connectivity index (χ4v) is 1.50. The third-order valence-electron chi connectivity index (χ3n) is 2.67. The lowest BCUT2D eigenvalue weighted by atomic mass is 9.95. The van der Waals surface area contributed by atoms with E-state index in [0.717, 1.165) is 24.8 Å². The number of hydrogen-bond acceptors (Lipinski definition) is 1. The first-order valence-electron chi connectivity index (χ1n) is 6.27.